The van der Waals surface area contributed by atoms with Crippen LogP contribution in [0, 0.1) is 17.5 Å². The van der Waals surface area contributed by atoms with Crippen LogP contribution in [-0.4, -0.2) is 67.2 Å². The lowest BCUT2D eigenvalue weighted by molar-refractivity contribution is -0.0185. The van der Waals surface area contributed by atoms with E-state index in [2.05, 4.69) is 30.1 Å². The molecule has 0 spiro atoms. The third-order valence-corrected chi connectivity index (χ3v) is 10.1. The standard InChI is InChI=1S/C30H45F3N4O3Si/c1-5-34-30(38)36-16-6-7-23(26-14-15-35-37(26)20-39-17-18-41(2,3)4)27(36)19-40-22-10-8-21(9-11-22)28-24(31)12-13-25(32)29(28)33/h12-15,21-23,27H,5-11,16-20H2,1-4H3,(H,34,38). The summed E-state index contributed by atoms with van der Waals surface area (Å²) in [5, 5.41) is 7.47. The molecule has 4 rings (SSSR count). The molecule has 41 heavy (non-hydrogen) atoms. The van der Waals surface area contributed by atoms with Crippen molar-refractivity contribution in [3.05, 3.63) is 53.1 Å². The molecule has 1 N–H and O–H groups in total. The molecule has 2 amide bonds. The van der Waals surface area contributed by atoms with Gasteiger partial charge in [0.05, 0.1) is 18.8 Å². The van der Waals surface area contributed by atoms with Gasteiger partial charge in [-0.3, -0.25) is 0 Å². The first kappa shape index (κ1) is 31.6. The molecule has 2 fully saturated rings. The van der Waals surface area contributed by atoms with Crippen LogP contribution in [0.15, 0.2) is 24.4 Å². The van der Waals surface area contributed by atoms with Crippen molar-refractivity contribution in [1.29, 1.82) is 0 Å². The molecule has 1 aliphatic carbocycles. The highest BCUT2D eigenvalue weighted by molar-refractivity contribution is 6.76. The van der Waals surface area contributed by atoms with Crippen molar-refractivity contribution in [1.82, 2.24) is 20.0 Å². The van der Waals surface area contributed by atoms with E-state index in [9.17, 15) is 18.0 Å². The number of halogens is 3. The van der Waals surface area contributed by atoms with Gasteiger partial charge < -0.3 is 19.7 Å². The number of carbonyl (C=O) groups is 1. The second-order valence-electron chi connectivity index (χ2n) is 12.5. The summed E-state index contributed by atoms with van der Waals surface area (Å²) in [5.74, 6) is -3.15. The summed E-state index contributed by atoms with van der Waals surface area (Å²) >= 11 is 0. The number of piperidine rings is 1. The highest BCUT2D eigenvalue weighted by Gasteiger charge is 2.38. The molecule has 2 aromatic rings. The summed E-state index contributed by atoms with van der Waals surface area (Å²) in [6, 6.07) is 4.61. The highest BCUT2D eigenvalue weighted by Crippen LogP contribution is 2.38. The topological polar surface area (TPSA) is 68.6 Å². The summed E-state index contributed by atoms with van der Waals surface area (Å²) in [6.07, 6.45) is 5.70. The summed E-state index contributed by atoms with van der Waals surface area (Å²) in [5.41, 5.74) is 0.875. The van der Waals surface area contributed by atoms with Gasteiger partial charge in [0.15, 0.2) is 11.6 Å². The Balaban J connectivity index is 1.42. The Labute approximate surface area is 242 Å². The van der Waals surface area contributed by atoms with Crippen LogP contribution in [0.5, 0.6) is 0 Å². The zero-order valence-electron chi connectivity index (χ0n) is 24.8. The van der Waals surface area contributed by atoms with Crippen molar-refractivity contribution < 1.29 is 27.4 Å². The second-order valence-corrected chi connectivity index (χ2v) is 18.1. The molecule has 2 unspecified atom stereocenters. The van der Waals surface area contributed by atoms with E-state index in [0.717, 1.165) is 36.7 Å². The van der Waals surface area contributed by atoms with E-state index in [1.165, 1.54) is 0 Å². The molecule has 0 bridgehead atoms. The van der Waals surface area contributed by atoms with E-state index in [1.807, 2.05) is 22.6 Å². The van der Waals surface area contributed by atoms with Crippen LogP contribution in [0.1, 0.15) is 68.5 Å². The van der Waals surface area contributed by atoms with Crippen LogP contribution in [-0.2, 0) is 16.2 Å². The monoisotopic (exact) mass is 594 g/mol. The van der Waals surface area contributed by atoms with E-state index in [0.29, 0.717) is 58.7 Å². The largest absolute Gasteiger partial charge is 0.376 e. The van der Waals surface area contributed by atoms with Crippen LogP contribution in [0.2, 0.25) is 25.7 Å². The van der Waals surface area contributed by atoms with Gasteiger partial charge in [-0.1, -0.05) is 19.6 Å². The normalized spacial score (nSPS) is 23.5. The zero-order valence-corrected chi connectivity index (χ0v) is 25.8. The Hall–Kier alpha value is -2.37. The van der Waals surface area contributed by atoms with Crippen molar-refractivity contribution in [2.45, 2.75) is 102 Å². The predicted octanol–water partition coefficient (Wildman–Crippen LogP) is 6.63. The minimum Gasteiger partial charge on any atom is -0.376 e. The summed E-state index contributed by atoms with van der Waals surface area (Å²) in [4.78, 5) is 14.9. The first-order valence-corrected chi connectivity index (χ1v) is 18.7. The quantitative estimate of drug-likeness (QED) is 0.180. The molecular formula is C30H45F3N4O3Si. The van der Waals surface area contributed by atoms with Crippen molar-refractivity contribution in [3.63, 3.8) is 0 Å². The zero-order chi connectivity index (χ0) is 29.6. The van der Waals surface area contributed by atoms with E-state index in [-0.39, 0.29) is 35.6 Å². The third kappa shape index (κ3) is 8.13. The number of nitrogens with one attached hydrogen (secondary N) is 1. The number of carbonyl (C=O) groups excluding carboxylic acids is 1. The Morgan fingerprint density at radius 2 is 1.80 bits per heavy atom. The van der Waals surface area contributed by atoms with Crippen molar-refractivity contribution >= 4 is 14.1 Å². The number of hydrogen-bond donors (Lipinski definition) is 1. The Morgan fingerprint density at radius 3 is 2.51 bits per heavy atom. The summed E-state index contributed by atoms with van der Waals surface area (Å²) in [7, 11) is -1.20. The van der Waals surface area contributed by atoms with Gasteiger partial charge in [-0.2, -0.15) is 5.10 Å². The van der Waals surface area contributed by atoms with Crippen molar-refractivity contribution in [2.24, 2.45) is 0 Å². The van der Waals surface area contributed by atoms with Crippen LogP contribution in [0.4, 0.5) is 18.0 Å². The number of likely N-dealkylation sites (tertiary alicyclic amines) is 1. The number of rotatable bonds is 11. The summed E-state index contributed by atoms with van der Waals surface area (Å²) in [6.45, 7) is 11.5. The van der Waals surface area contributed by atoms with Gasteiger partial charge in [-0.25, -0.2) is 22.6 Å². The van der Waals surface area contributed by atoms with E-state index in [1.54, 1.807) is 6.20 Å². The fourth-order valence-corrected chi connectivity index (χ4v) is 6.83. The molecule has 7 nitrogen and oxygen atoms in total. The van der Waals surface area contributed by atoms with Gasteiger partial charge in [0, 0.05) is 51.1 Å². The number of nitrogens with zero attached hydrogens (tertiary/aromatic N) is 3. The maximum Gasteiger partial charge on any atom is 0.317 e. The number of aromatic nitrogens is 2. The van der Waals surface area contributed by atoms with E-state index < -0.39 is 25.5 Å². The Kier molecular flexibility index (Phi) is 10.9. The average molecular weight is 595 g/mol. The molecule has 2 aliphatic rings. The van der Waals surface area contributed by atoms with Gasteiger partial charge in [0.25, 0.3) is 0 Å². The van der Waals surface area contributed by atoms with Crippen molar-refractivity contribution in [2.75, 3.05) is 26.3 Å². The Morgan fingerprint density at radius 1 is 1.07 bits per heavy atom. The molecular weight excluding hydrogens is 549 g/mol. The van der Waals surface area contributed by atoms with Crippen LogP contribution >= 0.6 is 0 Å². The maximum atomic E-state index is 14.4. The first-order chi connectivity index (χ1) is 19.6. The smallest absolute Gasteiger partial charge is 0.317 e. The number of ether oxygens (including phenoxy) is 2. The summed E-state index contributed by atoms with van der Waals surface area (Å²) < 4.78 is 56.8. The molecule has 1 saturated carbocycles. The molecule has 1 saturated heterocycles. The van der Waals surface area contributed by atoms with Crippen molar-refractivity contribution in [3.8, 4) is 0 Å². The number of hydrogen-bond acceptors (Lipinski definition) is 4. The number of urea groups is 1. The highest BCUT2D eigenvalue weighted by atomic mass is 28.3. The van der Waals surface area contributed by atoms with E-state index >= 15 is 0 Å². The molecule has 2 atom stereocenters. The van der Waals surface area contributed by atoms with Crippen LogP contribution in [0.25, 0.3) is 0 Å². The molecule has 1 aliphatic heterocycles. The minimum atomic E-state index is -1.20. The van der Waals surface area contributed by atoms with Gasteiger partial charge in [0.1, 0.15) is 12.5 Å². The molecule has 228 valence electrons. The van der Waals surface area contributed by atoms with Crippen LogP contribution in [0.3, 0.4) is 0 Å². The molecule has 2 heterocycles. The van der Waals surface area contributed by atoms with E-state index in [4.69, 9.17) is 9.47 Å². The number of benzene rings is 1. The van der Waals surface area contributed by atoms with Gasteiger partial charge in [-0.05, 0) is 75.6 Å². The molecule has 11 heteroatoms. The third-order valence-electron chi connectivity index (χ3n) is 8.37. The second kappa shape index (κ2) is 14.2. The Bertz CT molecular complexity index is 1150. The maximum absolute atomic E-state index is 14.4. The van der Waals surface area contributed by atoms with Gasteiger partial charge >= 0.3 is 6.03 Å². The average Bonchev–Trinajstić information content (AvgIpc) is 3.41. The fourth-order valence-electron chi connectivity index (χ4n) is 6.08. The van der Waals surface area contributed by atoms with Gasteiger partial charge in [0.2, 0.25) is 0 Å². The number of amides is 2. The molecule has 1 aromatic carbocycles. The lowest BCUT2D eigenvalue weighted by Crippen LogP contribution is -2.54. The van der Waals surface area contributed by atoms with Gasteiger partial charge in [-0.15, -0.1) is 0 Å². The lowest BCUT2D eigenvalue weighted by atomic mass is 9.82. The fraction of sp³-hybridized carbons (Fsp3) is 0.667. The molecule has 1 aromatic heterocycles. The van der Waals surface area contributed by atoms with Crippen LogP contribution < -0.4 is 5.32 Å². The SMILES string of the molecule is CCNC(=O)N1CCCC(c2ccnn2COCC[Si](C)(C)C)C1COC1CCC(c2c(F)ccc(F)c2F)CC1. The minimum absolute atomic E-state index is 0.0290. The first-order valence-electron chi connectivity index (χ1n) is 15.0. The molecule has 0 radical (unpaired) electrons. The lowest BCUT2D eigenvalue weighted by Gasteiger charge is -2.42. The predicted molar refractivity (Wildman–Crippen MR) is 155 cm³/mol.